The molecule has 28 heteroatoms. The van der Waals surface area contributed by atoms with Crippen LogP contribution in [-0.2, 0) is 12.1 Å². The van der Waals surface area contributed by atoms with Crippen molar-refractivity contribution < 1.29 is 250 Å². The number of rotatable bonds is 0. The van der Waals surface area contributed by atoms with E-state index >= 15 is 0 Å². The van der Waals surface area contributed by atoms with Crippen molar-refractivity contribution in [3.8, 4) is 0 Å². The van der Waals surface area contributed by atoms with Gasteiger partial charge in [0.25, 0.3) is 0 Å². The van der Waals surface area contributed by atoms with Gasteiger partial charge < -0.3 is 0 Å². The molecular weight excluding hydrogens is 1770 g/mol. The van der Waals surface area contributed by atoms with E-state index in [4.69, 9.17) is 39.2 Å². The molecule has 0 aliphatic carbocycles. The van der Waals surface area contributed by atoms with E-state index in [9.17, 15) is 0 Å². The van der Waals surface area contributed by atoms with Crippen LogP contribution in [0, 0.1) is 0 Å². The zero-order valence-corrected chi connectivity index (χ0v) is 42.5. The van der Waals surface area contributed by atoms with E-state index in [0.717, 1.165) is 0 Å². The summed E-state index contributed by atoms with van der Waals surface area (Å²) in [6.45, 7) is 0. The summed E-state index contributed by atoms with van der Waals surface area (Å²) in [6.07, 6.45) is 0. The number of halogens is 12. The molecule has 0 bridgehead atoms. The van der Waals surface area contributed by atoms with Crippen molar-refractivity contribution in [1.29, 1.82) is 0 Å². The molecule has 4 radical (unpaired) electrons. The second-order valence-electron chi connectivity index (χ2n) is 0.894. The first kappa shape index (κ1) is 111. The minimum atomic E-state index is -4.20. The van der Waals surface area contributed by atoms with Gasteiger partial charge in [-0.05, 0) is 0 Å². The van der Waals surface area contributed by atoms with E-state index < -0.39 is 84.2 Å². The molecule has 0 aromatic carbocycles. The average Bonchev–Trinajstić information content (AvgIpc) is 1.76. The van der Waals surface area contributed by atoms with Crippen molar-refractivity contribution in [2.24, 2.45) is 0 Å². The Labute approximate surface area is 325 Å². The Morgan fingerprint density at radius 3 is 0.286 bits per heavy atom. The van der Waals surface area contributed by atoms with Crippen LogP contribution in [0.25, 0.3) is 0 Å². The summed E-state index contributed by atoms with van der Waals surface area (Å²) in [5.41, 5.74) is 0. The molecular formula is H20F4I8O12Sb4. The molecule has 0 spiro atoms. The maximum atomic E-state index is 8.60. The van der Waals surface area contributed by atoms with Gasteiger partial charge >= 0.3 is 123 Å². The van der Waals surface area contributed by atoms with Gasteiger partial charge in [0.05, 0.1) is 0 Å². The molecule has 0 aliphatic rings. The van der Waals surface area contributed by atoms with Gasteiger partial charge in [0.15, 0.2) is 0 Å². The van der Waals surface area contributed by atoms with Crippen LogP contribution in [-0.4, -0.2) is 84.2 Å². The third kappa shape index (κ3) is 606. The van der Waals surface area contributed by atoms with Crippen LogP contribution in [0.3, 0.4) is 0 Å². The van der Waals surface area contributed by atoms with Crippen LogP contribution in [0.1, 0.15) is 0 Å². The molecule has 0 fully saturated rings. The van der Waals surface area contributed by atoms with Gasteiger partial charge in [-0.15, -0.1) is 0 Å². The third-order valence-electron chi connectivity index (χ3n) is 0. The van der Waals surface area contributed by atoms with Crippen LogP contribution < -0.4 is 219 Å². The van der Waals surface area contributed by atoms with E-state index in [0.29, 0.717) is 0 Å². The molecule has 0 rings (SSSR count). The quantitative estimate of drug-likeness (QED) is 0.125. The predicted molar refractivity (Wildman–Crippen MR) is 58.1 cm³/mol. The van der Waals surface area contributed by atoms with E-state index in [2.05, 4.69) is 0 Å². The van der Waals surface area contributed by atoms with Gasteiger partial charge in [-0.3, -0.25) is 18.8 Å². The molecule has 0 aromatic heterocycles. The van der Waals surface area contributed by atoms with Crippen LogP contribution in [0.5, 0.6) is 0 Å². The zero-order valence-electron chi connectivity index (χ0n) is 11.9. The summed E-state index contributed by atoms with van der Waals surface area (Å²) in [7, 11) is 0. The maximum absolute atomic E-state index is 8.60. The Bertz CT molecular complexity index is 192. The van der Waals surface area contributed by atoms with Crippen molar-refractivity contribution in [3.63, 3.8) is 0 Å². The van der Waals surface area contributed by atoms with E-state index in [1.807, 2.05) is 0 Å². The fraction of sp³-hybridized carbons (Fsp3) is 0. The number of hydrogen-bond donors (Lipinski definition) is 0. The molecule has 0 N–H and O–H groups in total. The third-order valence-corrected chi connectivity index (χ3v) is 0. The van der Waals surface area contributed by atoms with Gasteiger partial charge in [0, 0.05) is 0 Å². The Kier molecular flexibility index (Phi) is 402. The second-order valence-corrected chi connectivity index (χ2v) is 6.00. The first-order valence-electron chi connectivity index (χ1n) is 2.19. The summed E-state index contributed by atoms with van der Waals surface area (Å²) < 4.78 is 103. The SMILES string of the molecule is F.F.F.F.[IH2+].[IH2+].[IH2+].[IH2+].[IH2+].[IH2+].[IH2+].[IH2+].[O]=[Sb]([O-])[O-].[O]=[Sb]([O-])[O-].[O]=[Sb]([O-])[O-].[O]=[Sb]([O-])[O-]. The Morgan fingerprint density at radius 1 is 0.286 bits per heavy atom. The standard InChI is InChI=1S/4FH.8H2I.12O.4Sb/h4*1H;8*1H2;;;;;;;;;;;;;;;;/q;;;;8*+1;;;;;8*-1;;;;. The number of hydrogen-bond acceptors (Lipinski definition) is 12. The van der Waals surface area contributed by atoms with Gasteiger partial charge in [-0.1, -0.05) is 0 Å². The van der Waals surface area contributed by atoms with Crippen molar-refractivity contribution in [2.45, 2.75) is 0 Å². The Balaban J connectivity index is -0.00000000429. The molecule has 12 nitrogen and oxygen atoms in total. The summed E-state index contributed by atoms with van der Waals surface area (Å²) in [5.74, 6) is 0. The van der Waals surface area contributed by atoms with Crippen LogP contribution in [0.4, 0.5) is 18.8 Å². The first-order chi connectivity index (χ1) is 6.93. The van der Waals surface area contributed by atoms with Gasteiger partial charge in [0.2, 0.25) is 192 Å². The van der Waals surface area contributed by atoms with Crippen molar-refractivity contribution >= 4 is 84.2 Å². The van der Waals surface area contributed by atoms with Gasteiger partial charge in [0.1, 0.15) is 0 Å². The fourth-order valence-corrected chi connectivity index (χ4v) is 0. The van der Waals surface area contributed by atoms with Crippen LogP contribution in [0.2, 0.25) is 0 Å². The van der Waals surface area contributed by atoms with E-state index in [-0.39, 0.29) is 211 Å². The molecule has 0 aliphatic heterocycles. The second kappa shape index (κ2) is 102. The summed E-state index contributed by atoms with van der Waals surface area (Å²) in [6, 6.07) is 0. The molecule has 0 amide bonds. The van der Waals surface area contributed by atoms with Gasteiger partial charge in [-0.2, -0.15) is 0 Å². The molecule has 0 saturated carbocycles. The summed E-state index contributed by atoms with van der Waals surface area (Å²) >= 11 is -16.8. The molecule has 0 aromatic rings. The Hall–Kier alpha value is 7.71. The van der Waals surface area contributed by atoms with Crippen molar-refractivity contribution in [3.05, 3.63) is 0 Å². The van der Waals surface area contributed by atoms with Crippen LogP contribution in [0.15, 0.2) is 0 Å². The Morgan fingerprint density at radius 2 is 0.286 bits per heavy atom. The summed E-state index contributed by atoms with van der Waals surface area (Å²) in [4.78, 5) is 0. The molecule has 0 atom stereocenters. The molecule has 0 heterocycles. The molecule has 196 valence electrons. The minimum absolute atomic E-state index is 0. The normalized spacial score (nSPS) is 3.71. The van der Waals surface area contributed by atoms with Crippen molar-refractivity contribution in [1.82, 2.24) is 0 Å². The summed E-state index contributed by atoms with van der Waals surface area (Å²) in [5, 5.41) is 0. The van der Waals surface area contributed by atoms with E-state index in [1.54, 1.807) is 0 Å². The predicted octanol–water partition coefficient (Wildman–Crippen LogP) is -39.2. The molecule has 0 saturated heterocycles. The topological polar surface area (TPSA) is 253 Å². The zero-order chi connectivity index (χ0) is 14.3. The molecule has 28 heavy (non-hydrogen) atoms. The van der Waals surface area contributed by atoms with Crippen LogP contribution >= 0.6 is 0 Å². The first-order valence-corrected chi connectivity index (χ1v) is 14.7. The fourth-order valence-electron chi connectivity index (χ4n) is 0. The van der Waals surface area contributed by atoms with E-state index in [1.165, 1.54) is 0 Å². The monoisotopic (exact) mass is 1790 g/mol. The molecule has 0 unspecified atom stereocenters. The average molecular weight is 1790 g/mol. The van der Waals surface area contributed by atoms with Gasteiger partial charge in [-0.25, -0.2) is 0 Å². The van der Waals surface area contributed by atoms with Crippen molar-refractivity contribution in [2.75, 3.05) is 0 Å².